The van der Waals surface area contributed by atoms with Gasteiger partial charge in [-0.25, -0.2) is 4.98 Å². The molecule has 2 rings (SSSR count). The molecule has 0 aliphatic rings. The lowest BCUT2D eigenvalue weighted by Crippen LogP contribution is -2.04. The Morgan fingerprint density at radius 2 is 2.15 bits per heavy atom. The van der Waals surface area contributed by atoms with E-state index in [4.69, 9.17) is 10.5 Å². The second kappa shape index (κ2) is 5.52. The van der Waals surface area contributed by atoms with Gasteiger partial charge in [0.15, 0.2) is 0 Å². The molecule has 7 heteroatoms. The van der Waals surface area contributed by atoms with E-state index in [1.807, 2.05) is 19.1 Å². The smallest absolute Gasteiger partial charge is 0.352 e. The predicted molar refractivity (Wildman–Crippen MR) is 73.7 cm³/mol. The molecule has 2 N–H and O–H groups in total. The molecule has 1 aromatic carbocycles. The van der Waals surface area contributed by atoms with E-state index < -0.39 is 4.92 Å². The highest BCUT2D eigenvalue weighted by Crippen LogP contribution is 2.32. The number of nitrogens with two attached hydrogens (primary N) is 1. The fraction of sp³-hybridized carbons (Fsp3) is 0.231. The number of rotatable bonds is 4. The zero-order valence-electron chi connectivity index (χ0n) is 11.2. The van der Waals surface area contributed by atoms with Crippen LogP contribution in [0.3, 0.4) is 0 Å². The Bertz CT molecular complexity index is 658. The molecule has 0 radical (unpaired) electrons. The lowest BCUT2D eigenvalue weighted by molar-refractivity contribution is -0.386. The first-order chi connectivity index (χ1) is 9.51. The highest BCUT2D eigenvalue weighted by Gasteiger charge is 2.23. The van der Waals surface area contributed by atoms with Gasteiger partial charge in [0.2, 0.25) is 5.95 Å². The molecule has 7 nitrogen and oxygen atoms in total. The quantitative estimate of drug-likeness (QED) is 0.678. The van der Waals surface area contributed by atoms with Gasteiger partial charge in [-0.1, -0.05) is 19.1 Å². The second-order valence-electron chi connectivity index (χ2n) is 4.18. The lowest BCUT2D eigenvalue weighted by Gasteiger charge is -2.08. The molecule has 2 aromatic rings. The zero-order valence-corrected chi connectivity index (χ0v) is 11.2. The van der Waals surface area contributed by atoms with Crippen LogP contribution in [0.2, 0.25) is 0 Å². The SMILES string of the molecule is CCc1cccc(Oc2nc(N)nc(C)c2[N+](=O)[O-])c1. The summed E-state index contributed by atoms with van der Waals surface area (Å²) in [5, 5.41) is 11.1. The third-order valence-corrected chi connectivity index (χ3v) is 2.75. The predicted octanol–water partition coefficient (Wildman–Crippen LogP) is 2.63. The summed E-state index contributed by atoms with van der Waals surface area (Å²) in [4.78, 5) is 18.1. The molecule has 0 saturated carbocycles. The number of nitro groups is 1. The van der Waals surface area contributed by atoms with E-state index in [0.29, 0.717) is 5.75 Å². The van der Waals surface area contributed by atoms with Crippen LogP contribution < -0.4 is 10.5 Å². The van der Waals surface area contributed by atoms with Crippen LogP contribution in [-0.4, -0.2) is 14.9 Å². The highest BCUT2D eigenvalue weighted by atomic mass is 16.6. The summed E-state index contributed by atoms with van der Waals surface area (Å²) in [6.07, 6.45) is 0.838. The summed E-state index contributed by atoms with van der Waals surface area (Å²) < 4.78 is 5.50. The van der Waals surface area contributed by atoms with E-state index in [1.165, 1.54) is 6.92 Å². The number of ether oxygens (including phenoxy) is 1. The summed E-state index contributed by atoms with van der Waals surface area (Å²) >= 11 is 0. The minimum absolute atomic E-state index is 0.0604. The topological polar surface area (TPSA) is 104 Å². The molecule has 0 aliphatic carbocycles. The average Bonchev–Trinajstić information content (AvgIpc) is 2.37. The van der Waals surface area contributed by atoms with Gasteiger partial charge in [0.05, 0.1) is 4.92 Å². The number of benzene rings is 1. The van der Waals surface area contributed by atoms with E-state index in [2.05, 4.69) is 9.97 Å². The number of aryl methyl sites for hydroxylation is 2. The van der Waals surface area contributed by atoms with Gasteiger partial charge in [0, 0.05) is 0 Å². The minimum Gasteiger partial charge on any atom is -0.434 e. The number of nitrogens with zero attached hydrogens (tertiary/aromatic N) is 3. The minimum atomic E-state index is -0.576. The molecule has 1 heterocycles. The summed E-state index contributed by atoms with van der Waals surface area (Å²) in [7, 11) is 0. The van der Waals surface area contributed by atoms with Crippen molar-refractivity contribution in [3.05, 3.63) is 45.6 Å². The van der Waals surface area contributed by atoms with Gasteiger partial charge in [0.25, 0.3) is 0 Å². The molecule has 0 amide bonds. The molecule has 104 valence electrons. The Labute approximate surface area is 115 Å². The maximum absolute atomic E-state index is 11.1. The van der Waals surface area contributed by atoms with E-state index in [9.17, 15) is 10.1 Å². The van der Waals surface area contributed by atoms with Crippen molar-refractivity contribution in [2.75, 3.05) is 5.73 Å². The number of hydrogen-bond acceptors (Lipinski definition) is 6. The third-order valence-electron chi connectivity index (χ3n) is 2.75. The Hall–Kier alpha value is -2.70. The van der Waals surface area contributed by atoms with Crippen LogP contribution in [0.25, 0.3) is 0 Å². The normalized spacial score (nSPS) is 10.3. The van der Waals surface area contributed by atoms with Crippen molar-refractivity contribution in [1.29, 1.82) is 0 Å². The molecule has 0 aliphatic heterocycles. The van der Waals surface area contributed by atoms with Crippen LogP contribution in [0.15, 0.2) is 24.3 Å². The van der Waals surface area contributed by atoms with Crippen molar-refractivity contribution in [1.82, 2.24) is 9.97 Å². The first-order valence-corrected chi connectivity index (χ1v) is 6.06. The van der Waals surface area contributed by atoms with Crippen molar-refractivity contribution < 1.29 is 9.66 Å². The maximum atomic E-state index is 11.1. The number of nitrogen functional groups attached to an aromatic ring is 1. The molecule has 0 bridgehead atoms. The largest absolute Gasteiger partial charge is 0.434 e. The van der Waals surface area contributed by atoms with Gasteiger partial charge in [-0.05, 0) is 31.0 Å². The second-order valence-corrected chi connectivity index (χ2v) is 4.18. The highest BCUT2D eigenvalue weighted by molar-refractivity contribution is 5.49. The van der Waals surface area contributed by atoms with Crippen molar-refractivity contribution >= 4 is 11.6 Å². The van der Waals surface area contributed by atoms with Crippen molar-refractivity contribution in [2.45, 2.75) is 20.3 Å². The van der Waals surface area contributed by atoms with Crippen LogP contribution in [0.1, 0.15) is 18.2 Å². The molecule has 0 spiro atoms. The summed E-state index contributed by atoms with van der Waals surface area (Å²) in [5.41, 5.74) is 6.47. The van der Waals surface area contributed by atoms with Crippen LogP contribution >= 0.6 is 0 Å². The molecule has 20 heavy (non-hydrogen) atoms. The summed E-state index contributed by atoms with van der Waals surface area (Å²) in [5.74, 6) is 0.271. The van der Waals surface area contributed by atoms with Gasteiger partial charge in [0.1, 0.15) is 11.4 Å². The first kappa shape index (κ1) is 13.7. The number of aromatic nitrogens is 2. The van der Waals surface area contributed by atoms with E-state index in [-0.39, 0.29) is 23.2 Å². The average molecular weight is 274 g/mol. The summed E-state index contributed by atoms with van der Waals surface area (Å²) in [6, 6.07) is 7.27. The van der Waals surface area contributed by atoms with Crippen molar-refractivity contribution in [3.8, 4) is 11.6 Å². The maximum Gasteiger partial charge on any atom is 0.352 e. The molecule has 0 unspecified atom stereocenters. The molecular weight excluding hydrogens is 260 g/mol. The Morgan fingerprint density at radius 3 is 2.80 bits per heavy atom. The molecule has 1 aromatic heterocycles. The van der Waals surface area contributed by atoms with Crippen LogP contribution in [0, 0.1) is 17.0 Å². The standard InChI is InChI=1S/C13H14N4O3/c1-3-9-5-4-6-10(7-9)20-12-11(17(18)19)8(2)15-13(14)16-12/h4-7H,3H2,1-2H3,(H2,14,15,16). The van der Waals surface area contributed by atoms with Gasteiger partial charge in [-0.15, -0.1) is 0 Å². The van der Waals surface area contributed by atoms with Crippen LogP contribution in [-0.2, 0) is 6.42 Å². The van der Waals surface area contributed by atoms with Crippen LogP contribution in [0.4, 0.5) is 11.6 Å². The molecule has 0 saturated heterocycles. The van der Waals surface area contributed by atoms with Gasteiger partial charge in [-0.3, -0.25) is 10.1 Å². The van der Waals surface area contributed by atoms with Gasteiger partial charge >= 0.3 is 11.6 Å². The Kier molecular flexibility index (Phi) is 3.79. The van der Waals surface area contributed by atoms with Crippen LogP contribution in [0.5, 0.6) is 11.6 Å². The molecule has 0 fully saturated rings. The van der Waals surface area contributed by atoms with E-state index in [1.54, 1.807) is 12.1 Å². The molecular formula is C13H14N4O3. The Morgan fingerprint density at radius 1 is 1.40 bits per heavy atom. The van der Waals surface area contributed by atoms with Gasteiger partial charge < -0.3 is 10.5 Å². The van der Waals surface area contributed by atoms with E-state index >= 15 is 0 Å². The third kappa shape index (κ3) is 2.82. The molecule has 0 atom stereocenters. The first-order valence-electron chi connectivity index (χ1n) is 6.06. The fourth-order valence-electron chi connectivity index (χ4n) is 1.78. The number of hydrogen-bond donors (Lipinski definition) is 1. The lowest BCUT2D eigenvalue weighted by atomic mass is 10.2. The monoisotopic (exact) mass is 274 g/mol. The Balaban J connectivity index is 2.44. The van der Waals surface area contributed by atoms with E-state index in [0.717, 1.165) is 12.0 Å². The zero-order chi connectivity index (χ0) is 14.7. The van der Waals surface area contributed by atoms with Gasteiger partial charge in [-0.2, -0.15) is 4.98 Å². The number of anilines is 1. The summed E-state index contributed by atoms with van der Waals surface area (Å²) in [6.45, 7) is 3.50. The fourth-order valence-corrected chi connectivity index (χ4v) is 1.78. The van der Waals surface area contributed by atoms with Crippen molar-refractivity contribution in [3.63, 3.8) is 0 Å². The van der Waals surface area contributed by atoms with Crippen molar-refractivity contribution in [2.24, 2.45) is 0 Å².